The third-order valence-corrected chi connectivity index (χ3v) is 3.46. The summed E-state index contributed by atoms with van der Waals surface area (Å²) in [6.45, 7) is 8.11. The fourth-order valence-electron chi connectivity index (χ4n) is 2.26. The number of rotatable bonds is 5. The first-order chi connectivity index (χ1) is 10.2. The van der Waals surface area contributed by atoms with Gasteiger partial charge in [0.25, 0.3) is 0 Å². The van der Waals surface area contributed by atoms with Crippen molar-refractivity contribution in [3.05, 3.63) is 42.0 Å². The van der Waals surface area contributed by atoms with Crippen LogP contribution in [-0.4, -0.2) is 32.6 Å². The van der Waals surface area contributed by atoms with E-state index < -0.39 is 0 Å². The highest BCUT2D eigenvalue weighted by Crippen LogP contribution is 2.18. The summed E-state index contributed by atoms with van der Waals surface area (Å²) >= 11 is 0. The van der Waals surface area contributed by atoms with Crippen LogP contribution < -0.4 is 15.5 Å². The second-order valence-electron chi connectivity index (χ2n) is 5.75. The summed E-state index contributed by atoms with van der Waals surface area (Å²) < 4.78 is 0. The van der Waals surface area contributed by atoms with Gasteiger partial charge in [0, 0.05) is 38.9 Å². The molecule has 1 aromatic carbocycles. The first-order valence-corrected chi connectivity index (χ1v) is 7.62. The van der Waals surface area contributed by atoms with Crippen LogP contribution in [0.3, 0.4) is 0 Å². The molecule has 1 aliphatic heterocycles. The van der Waals surface area contributed by atoms with Crippen LogP contribution >= 0.6 is 0 Å². The maximum atomic E-state index is 4.25. The largest absolute Gasteiger partial charge is 0.364 e. The molecule has 0 fully saturated rings. The minimum absolute atomic E-state index is 0.606. The zero-order chi connectivity index (χ0) is 15.1. The molecule has 0 aromatic heterocycles. The predicted octanol–water partition coefficient (Wildman–Crippen LogP) is 2.38. The number of anilines is 1. The van der Waals surface area contributed by atoms with Crippen molar-refractivity contribution in [2.45, 2.75) is 20.4 Å². The standard InChI is InChI=1S/C17H26N4/c1-14(2)12-19-17(18-3)20-13-15-7-6-8-16(11-15)21-9-4-5-10-21/h4-8,11,14H,9-10,12-13H2,1-3H3,(H2,18,19,20). The molecule has 1 heterocycles. The summed E-state index contributed by atoms with van der Waals surface area (Å²) in [5, 5.41) is 6.69. The minimum atomic E-state index is 0.606. The predicted molar refractivity (Wildman–Crippen MR) is 90.8 cm³/mol. The Labute approximate surface area is 128 Å². The zero-order valence-electron chi connectivity index (χ0n) is 13.3. The third kappa shape index (κ3) is 4.81. The van der Waals surface area contributed by atoms with E-state index in [2.05, 4.69) is 70.8 Å². The summed E-state index contributed by atoms with van der Waals surface area (Å²) in [6.07, 6.45) is 4.42. The van der Waals surface area contributed by atoms with Gasteiger partial charge in [-0.2, -0.15) is 0 Å². The summed E-state index contributed by atoms with van der Waals surface area (Å²) in [5.41, 5.74) is 2.55. The SMILES string of the molecule is CN=C(NCc1cccc(N2CC=CC2)c1)NCC(C)C. The molecule has 1 aliphatic rings. The summed E-state index contributed by atoms with van der Waals surface area (Å²) in [5.74, 6) is 1.46. The van der Waals surface area contributed by atoms with Gasteiger partial charge in [-0.05, 0) is 23.6 Å². The van der Waals surface area contributed by atoms with Gasteiger partial charge < -0.3 is 15.5 Å². The molecule has 1 aromatic rings. The number of hydrogen-bond acceptors (Lipinski definition) is 2. The van der Waals surface area contributed by atoms with Crippen LogP contribution in [0, 0.1) is 5.92 Å². The smallest absolute Gasteiger partial charge is 0.191 e. The van der Waals surface area contributed by atoms with Crippen molar-refractivity contribution in [1.29, 1.82) is 0 Å². The molecule has 0 bridgehead atoms. The number of benzene rings is 1. The molecule has 0 spiro atoms. The maximum Gasteiger partial charge on any atom is 0.191 e. The molecule has 0 amide bonds. The number of aliphatic imine (C=N–C) groups is 1. The Morgan fingerprint density at radius 3 is 2.67 bits per heavy atom. The monoisotopic (exact) mass is 286 g/mol. The van der Waals surface area contributed by atoms with E-state index in [1.54, 1.807) is 0 Å². The van der Waals surface area contributed by atoms with E-state index in [0.717, 1.165) is 32.1 Å². The maximum absolute atomic E-state index is 4.25. The van der Waals surface area contributed by atoms with Gasteiger partial charge in [0.2, 0.25) is 0 Å². The lowest BCUT2D eigenvalue weighted by molar-refractivity contribution is 0.614. The Hall–Kier alpha value is -1.97. The van der Waals surface area contributed by atoms with Crippen molar-refractivity contribution in [3.8, 4) is 0 Å². The quantitative estimate of drug-likeness (QED) is 0.496. The first kappa shape index (κ1) is 15.4. The molecular formula is C17H26N4. The van der Waals surface area contributed by atoms with Gasteiger partial charge in [-0.25, -0.2) is 0 Å². The first-order valence-electron chi connectivity index (χ1n) is 7.62. The number of guanidine groups is 1. The van der Waals surface area contributed by atoms with Crippen LogP contribution in [0.25, 0.3) is 0 Å². The molecule has 0 aliphatic carbocycles. The highest BCUT2D eigenvalue weighted by Gasteiger charge is 2.08. The Balaban J connectivity index is 1.89. The Morgan fingerprint density at radius 1 is 1.24 bits per heavy atom. The highest BCUT2D eigenvalue weighted by molar-refractivity contribution is 5.79. The zero-order valence-corrected chi connectivity index (χ0v) is 13.3. The van der Waals surface area contributed by atoms with Crippen molar-refractivity contribution in [2.24, 2.45) is 10.9 Å². The van der Waals surface area contributed by atoms with Crippen LogP contribution in [0.2, 0.25) is 0 Å². The normalized spacial score (nSPS) is 14.9. The van der Waals surface area contributed by atoms with Gasteiger partial charge >= 0.3 is 0 Å². The van der Waals surface area contributed by atoms with E-state index in [4.69, 9.17) is 0 Å². The number of hydrogen-bond donors (Lipinski definition) is 2. The molecular weight excluding hydrogens is 260 g/mol. The molecule has 0 unspecified atom stereocenters. The number of nitrogens with zero attached hydrogens (tertiary/aromatic N) is 2. The second-order valence-corrected chi connectivity index (χ2v) is 5.75. The third-order valence-electron chi connectivity index (χ3n) is 3.46. The van der Waals surface area contributed by atoms with Gasteiger partial charge in [0.05, 0.1) is 0 Å². The van der Waals surface area contributed by atoms with E-state index >= 15 is 0 Å². The average Bonchev–Trinajstić information content (AvgIpc) is 3.02. The van der Waals surface area contributed by atoms with Gasteiger partial charge in [-0.15, -0.1) is 0 Å². The van der Waals surface area contributed by atoms with Gasteiger partial charge in [-0.3, -0.25) is 4.99 Å². The van der Waals surface area contributed by atoms with E-state index in [9.17, 15) is 0 Å². The summed E-state index contributed by atoms with van der Waals surface area (Å²) in [4.78, 5) is 6.61. The molecule has 4 nitrogen and oxygen atoms in total. The topological polar surface area (TPSA) is 39.7 Å². The Morgan fingerprint density at radius 2 is 2.00 bits per heavy atom. The van der Waals surface area contributed by atoms with Gasteiger partial charge in [0.1, 0.15) is 0 Å². The lowest BCUT2D eigenvalue weighted by Gasteiger charge is -2.19. The molecule has 114 valence electrons. The van der Waals surface area contributed by atoms with Gasteiger partial charge in [-0.1, -0.05) is 38.1 Å². The van der Waals surface area contributed by atoms with Crippen LogP contribution in [0.1, 0.15) is 19.4 Å². The van der Waals surface area contributed by atoms with Gasteiger partial charge in [0.15, 0.2) is 5.96 Å². The lowest BCUT2D eigenvalue weighted by atomic mass is 10.2. The molecule has 4 heteroatoms. The van der Waals surface area contributed by atoms with Crippen LogP contribution in [0.5, 0.6) is 0 Å². The summed E-state index contributed by atoms with van der Waals surface area (Å²) in [6, 6.07) is 8.68. The van der Waals surface area contributed by atoms with Crippen molar-refractivity contribution in [2.75, 3.05) is 31.6 Å². The van der Waals surface area contributed by atoms with E-state index in [1.807, 2.05) is 7.05 Å². The van der Waals surface area contributed by atoms with Crippen LogP contribution in [0.4, 0.5) is 5.69 Å². The molecule has 0 saturated carbocycles. The molecule has 0 atom stereocenters. The average molecular weight is 286 g/mol. The molecule has 0 saturated heterocycles. The minimum Gasteiger partial charge on any atom is -0.364 e. The van der Waals surface area contributed by atoms with Crippen LogP contribution in [0.15, 0.2) is 41.4 Å². The van der Waals surface area contributed by atoms with Crippen molar-refractivity contribution in [3.63, 3.8) is 0 Å². The van der Waals surface area contributed by atoms with E-state index in [-0.39, 0.29) is 0 Å². The second kappa shape index (κ2) is 7.72. The van der Waals surface area contributed by atoms with E-state index in [0.29, 0.717) is 5.92 Å². The fraction of sp³-hybridized carbons (Fsp3) is 0.471. The fourth-order valence-corrected chi connectivity index (χ4v) is 2.26. The molecule has 2 N–H and O–H groups in total. The molecule has 0 radical (unpaired) electrons. The van der Waals surface area contributed by atoms with Crippen molar-refractivity contribution in [1.82, 2.24) is 10.6 Å². The highest BCUT2D eigenvalue weighted by atomic mass is 15.2. The van der Waals surface area contributed by atoms with Crippen molar-refractivity contribution < 1.29 is 0 Å². The molecule has 2 rings (SSSR count). The van der Waals surface area contributed by atoms with E-state index in [1.165, 1.54) is 11.3 Å². The molecule has 21 heavy (non-hydrogen) atoms. The summed E-state index contributed by atoms with van der Waals surface area (Å²) in [7, 11) is 1.81. The number of nitrogens with one attached hydrogen (secondary N) is 2. The Kier molecular flexibility index (Phi) is 5.67. The van der Waals surface area contributed by atoms with Crippen molar-refractivity contribution >= 4 is 11.6 Å². The Bertz CT molecular complexity index is 497. The van der Waals surface area contributed by atoms with Crippen LogP contribution in [-0.2, 0) is 6.54 Å². The lowest BCUT2D eigenvalue weighted by Crippen LogP contribution is -2.38.